The maximum Gasteiger partial charge on any atom is 0.220 e. The lowest BCUT2D eigenvalue weighted by Crippen LogP contribution is -2.31. The minimum Gasteiger partial charge on any atom is -0.399 e. The van der Waals surface area contributed by atoms with Crippen LogP contribution in [-0.4, -0.2) is 37.0 Å². The summed E-state index contributed by atoms with van der Waals surface area (Å²) in [6, 6.07) is 7.74. The Morgan fingerprint density at radius 1 is 1.36 bits per heavy atom. The van der Waals surface area contributed by atoms with Crippen molar-refractivity contribution in [2.45, 2.75) is 26.2 Å². The average molecular weight is 348 g/mol. The molecule has 126 valence electrons. The number of anilines is 1. The molecule has 3 N–H and O–H groups in total. The largest absolute Gasteiger partial charge is 0.399 e. The fraction of sp³-hybridized carbons (Fsp3) is 0.562. The number of hydrogen-bond acceptors (Lipinski definition) is 3. The van der Waals surface area contributed by atoms with E-state index in [9.17, 15) is 4.79 Å². The molecule has 2 rings (SSSR count). The smallest absolute Gasteiger partial charge is 0.220 e. The predicted molar refractivity (Wildman–Crippen MR) is 96.9 cm³/mol. The SMILES string of the molecule is CCN1CCC(CNC(=O)CCc2ccccc2N)C1.Cl.Cl. The Hall–Kier alpha value is -0.970. The zero-order valence-electron chi connectivity index (χ0n) is 13.1. The van der Waals surface area contributed by atoms with E-state index >= 15 is 0 Å². The molecule has 22 heavy (non-hydrogen) atoms. The third-order valence-electron chi connectivity index (χ3n) is 4.08. The third-order valence-corrected chi connectivity index (χ3v) is 4.08. The number of likely N-dealkylation sites (tertiary alicyclic amines) is 1. The first-order chi connectivity index (χ1) is 9.69. The van der Waals surface area contributed by atoms with E-state index < -0.39 is 0 Å². The zero-order chi connectivity index (χ0) is 14.4. The van der Waals surface area contributed by atoms with Crippen LogP contribution in [0.15, 0.2) is 24.3 Å². The summed E-state index contributed by atoms with van der Waals surface area (Å²) in [4.78, 5) is 14.3. The van der Waals surface area contributed by atoms with Crippen molar-refractivity contribution < 1.29 is 4.79 Å². The number of nitrogens with two attached hydrogens (primary N) is 1. The molecule has 1 atom stereocenters. The second kappa shape index (κ2) is 10.7. The van der Waals surface area contributed by atoms with Crippen LogP contribution in [-0.2, 0) is 11.2 Å². The molecule has 1 amide bonds. The summed E-state index contributed by atoms with van der Waals surface area (Å²) in [7, 11) is 0. The highest BCUT2D eigenvalue weighted by atomic mass is 35.5. The predicted octanol–water partition coefficient (Wildman–Crippen LogP) is 2.50. The van der Waals surface area contributed by atoms with Crippen LogP contribution in [0.25, 0.3) is 0 Å². The van der Waals surface area contributed by atoms with E-state index in [-0.39, 0.29) is 30.7 Å². The highest BCUT2D eigenvalue weighted by molar-refractivity contribution is 5.85. The second-order valence-electron chi connectivity index (χ2n) is 5.55. The number of nitrogen functional groups attached to an aromatic ring is 1. The topological polar surface area (TPSA) is 58.4 Å². The lowest BCUT2D eigenvalue weighted by molar-refractivity contribution is -0.121. The molecule has 0 radical (unpaired) electrons. The van der Waals surface area contributed by atoms with E-state index in [1.165, 1.54) is 6.42 Å². The maximum absolute atomic E-state index is 11.9. The van der Waals surface area contributed by atoms with Gasteiger partial charge >= 0.3 is 0 Å². The number of amides is 1. The van der Waals surface area contributed by atoms with Crippen molar-refractivity contribution in [1.82, 2.24) is 10.2 Å². The van der Waals surface area contributed by atoms with E-state index in [0.717, 1.165) is 37.4 Å². The molecule has 1 aliphatic rings. The van der Waals surface area contributed by atoms with E-state index in [2.05, 4.69) is 17.1 Å². The van der Waals surface area contributed by atoms with Gasteiger partial charge in [0.05, 0.1) is 0 Å². The molecule has 1 heterocycles. The summed E-state index contributed by atoms with van der Waals surface area (Å²) in [6.45, 7) is 6.38. The minimum atomic E-state index is 0. The molecule has 1 unspecified atom stereocenters. The molecule has 1 saturated heterocycles. The van der Waals surface area contributed by atoms with Gasteiger partial charge in [-0.3, -0.25) is 4.79 Å². The number of hydrogen-bond donors (Lipinski definition) is 2. The van der Waals surface area contributed by atoms with Gasteiger partial charge in [0.15, 0.2) is 0 Å². The summed E-state index contributed by atoms with van der Waals surface area (Å²) >= 11 is 0. The third kappa shape index (κ3) is 6.42. The number of benzene rings is 1. The Morgan fingerprint density at radius 3 is 2.73 bits per heavy atom. The number of carbonyl (C=O) groups excluding carboxylic acids is 1. The Morgan fingerprint density at radius 2 is 2.09 bits per heavy atom. The molecule has 0 spiro atoms. The van der Waals surface area contributed by atoms with Crippen molar-refractivity contribution >= 4 is 36.4 Å². The van der Waals surface area contributed by atoms with Gasteiger partial charge in [-0.05, 0) is 43.5 Å². The maximum atomic E-state index is 11.9. The standard InChI is InChI=1S/C16H25N3O.2ClH/c1-2-19-10-9-13(12-19)11-18-16(20)8-7-14-5-3-4-6-15(14)17;;/h3-6,13H,2,7-12,17H2,1H3,(H,18,20);2*1H. The van der Waals surface area contributed by atoms with Crippen molar-refractivity contribution in [3.8, 4) is 0 Å². The van der Waals surface area contributed by atoms with Gasteiger partial charge in [-0.15, -0.1) is 24.8 Å². The Bertz CT molecular complexity index is 457. The average Bonchev–Trinajstić information content (AvgIpc) is 2.92. The van der Waals surface area contributed by atoms with Crippen LogP contribution in [0.4, 0.5) is 5.69 Å². The number of carbonyl (C=O) groups is 1. The zero-order valence-corrected chi connectivity index (χ0v) is 14.7. The summed E-state index contributed by atoms with van der Waals surface area (Å²) in [5.41, 5.74) is 7.70. The van der Waals surface area contributed by atoms with Crippen molar-refractivity contribution in [2.24, 2.45) is 5.92 Å². The lowest BCUT2D eigenvalue weighted by atomic mass is 10.1. The highest BCUT2D eigenvalue weighted by Crippen LogP contribution is 2.15. The van der Waals surface area contributed by atoms with Gasteiger partial charge in [0.2, 0.25) is 5.91 Å². The highest BCUT2D eigenvalue weighted by Gasteiger charge is 2.21. The summed E-state index contributed by atoms with van der Waals surface area (Å²) in [5, 5.41) is 3.05. The van der Waals surface area contributed by atoms with E-state index in [0.29, 0.717) is 18.8 Å². The molecule has 1 aromatic carbocycles. The Labute approximate surface area is 145 Å². The molecule has 6 heteroatoms. The van der Waals surface area contributed by atoms with E-state index in [1.54, 1.807) is 0 Å². The van der Waals surface area contributed by atoms with Crippen LogP contribution in [0.5, 0.6) is 0 Å². The molecule has 1 fully saturated rings. The Kier molecular flexibility index (Phi) is 10.2. The van der Waals surface area contributed by atoms with E-state index in [1.807, 2.05) is 24.3 Å². The molecule has 0 bridgehead atoms. The molecule has 0 aromatic heterocycles. The van der Waals surface area contributed by atoms with Gasteiger partial charge in [0.1, 0.15) is 0 Å². The van der Waals surface area contributed by atoms with Crippen LogP contribution in [0.1, 0.15) is 25.3 Å². The van der Waals surface area contributed by atoms with E-state index in [4.69, 9.17) is 5.73 Å². The van der Waals surface area contributed by atoms with Crippen molar-refractivity contribution in [1.29, 1.82) is 0 Å². The molecule has 0 saturated carbocycles. The minimum absolute atomic E-state index is 0. The molecule has 4 nitrogen and oxygen atoms in total. The first-order valence-corrected chi connectivity index (χ1v) is 7.51. The number of rotatable bonds is 6. The molecule has 0 aliphatic carbocycles. The fourth-order valence-corrected chi connectivity index (χ4v) is 2.72. The van der Waals surface area contributed by atoms with Crippen LogP contribution in [0.2, 0.25) is 0 Å². The second-order valence-corrected chi connectivity index (χ2v) is 5.55. The number of para-hydroxylation sites is 1. The molecular weight excluding hydrogens is 321 g/mol. The summed E-state index contributed by atoms with van der Waals surface area (Å²) in [6.07, 6.45) is 2.42. The Balaban J connectivity index is 0.00000220. The number of halogens is 2. The first-order valence-electron chi connectivity index (χ1n) is 7.51. The van der Waals surface area contributed by atoms with Crippen molar-refractivity contribution in [3.63, 3.8) is 0 Å². The van der Waals surface area contributed by atoms with Crippen LogP contribution < -0.4 is 11.1 Å². The monoisotopic (exact) mass is 347 g/mol. The van der Waals surface area contributed by atoms with Gasteiger partial charge in [0.25, 0.3) is 0 Å². The first kappa shape index (κ1) is 21.0. The summed E-state index contributed by atoms with van der Waals surface area (Å²) in [5.74, 6) is 0.740. The van der Waals surface area contributed by atoms with Crippen LogP contribution in [0.3, 0.4) is 0 Å². The van der Waals surface area contributed by atoms with Gasteiger partial charge in [0, 0.05) is 25.2 Å². The normalized spacial score (nSPS) is 17.4. The quantitative estimate of drug-likeness (QED) is 0.777. The van der Waals surface area contributed by atoms with Gasteiger partial charge in [-0.2, -0.15) is 0 Å². The molecule has 1 aromatic rings. The van der Waals surface area contributed by atoms with Crippen LogP contribution >= 0.6 is 24.8 Å². The number of nitrogens with zero attached hydrogens (tertiary/aromatic N) is 1. The van der Waals surface area contributed by atoms with Crippen molar-refractivity contribution in [2.75, 3.05) is 31.9 Å². The van der Waals surface area contributed by atoms with Crippen molar-refractivity contribution in [3.05, 3.63) is 29.8 Å². The van der Waals surface area contributed by atoms with Gasteiger partial charge in [-0.25, -0.2) is 0 Å². The molecule has 1 aliphatic heterocycles. The number of nitrogens with one attached hydrogen (secondary N) is 1. The fourth-order valence-electron chi connectivity index (χ4n) is 2.72. The van der Waals surface area contributed by atoms with Gasteiger partial charge in [-0.1, -0.05) is 25.1 Å². The number of aryl methyl sites for hydroxylation is 1. The van der Waals surface area contributed by atoms with Gasteiger partial charge < -0.3 is 16.0 Å². The van der Waals surface area contributed by atoms with Crippen LogP contribution in [0, 0.1) is 5.92 Å². The summed E-state index contributed by atoms with van der Waals surface area (Å²) < 4.78 is 0. The molecular formula is C16H27Cl2N3O. The lowest BCUT2D eigenvalue weighted by Gasteiger charge is -2.13.